The first-order valence-electron chi connectivity index (χ1n) is 18.9. The van der Waals surface area contributed by atoms with E-state index in [0.717, 1.165) is 25.0 Å². The number of carbonyl (C=O) groups is 2. The average molecular weight is 718 g/mol. The Kier molecular flexibility index (Phi) is 11.9. The van der Waals surface area contributed by atoms with E-state index in [0.29, 0.717) is 11.5 Å². The Hall–Kier alpha value is -3.12. The molecule has 1 fully saturated rings. The normalized spacial score (nSPS) is 18.9. The number of ether oxygens (including phenoxy) is 3. The second kappa shape index (κ2) is 15.6. The van der Waals surface area contributed by atoms with Crippen LogP contribution in [0.15, 0.2) is 24.4 Å². The maximum absolute atomic E-state index is 14.1. The van der Waals surface area contributed by atoms with Gasteiger partial charge in [0.15, 0.2) is 8.32 Å². The van der Waals surface area contributed by atoms with E-state index in [2.05, 4.69) is 44.2 Å². The number of rotatable bonds is 11. The van der Waals surface area contributed by atoms with E-state index in [-0.39, 0.29) is 41.8 Å². The zero-order chi connectivity index (χ0) is 39.7. The van der Waals surface area contributed by atoms with Gasteiger partial charge >= 0.3 is 12.2 Å². The summed E-state index contributed by atoms with van der Waals surface area (Å²) in [6, 6.07) is 4.80. The van der Waals surface area contributed by atoms with E-state index in [1.54, 1.807) is 33.8 Å². The van der Waals surface area contributed by atoms with Crippen molar-refractivity contribution in [2.75, 3.05) is 11.5 Å². The van der Waals surface area contributed by atoms with Gasteiger partial charge in [0.1, 0.15) is 17.0 Å². The van der Waals surface area contributed by atoms with Crippen LogP contribution in [0.2, 0.25) is 18.1 Å². The predicted octanol–water partition coefficient (Wildman–Crippen LogP) is 9.84. The third kappa shape index (κ3) is 12.0. The van der Waals surface area contributed by atoms with Gasteiger partial charge in [-0.15, -0.1) is 0 Å². The van der Waals surface area contributed by atoms with E-state index < -0.39 is 43.8 Å². The summed E-state index contributed by atoms with van der Waals surface area (Å²) in [7, 11) is -1.95. The topological polar surface area (TPSA) is 117 Å². The number of aromatic nitrogens is 3. The predicted molar refractivity (Wildman–Crippen MR) is 202 cm³/mol. The molecule has 0 aromatic carbocycles. The lowest BCUT2D eigenvalue weighted by atomic mass is 10.0. The van der Waals surface area contributed by atoms with Crippen LogP contribution in [-0.4, -0.2) is 65.2 Å². The summed E-state index contributed by atoms with van der Waals surface area (Å²) in [5.74, 6) is 0.674. The quantitative estimate of drug-likeness (QED) is 0.228. The standard InChI is InChI=1S/C38H65N5O6Si/c1-26(40-33(44)47-36(5,6)7)17-16-22-46-31-24-28(20-21-39-31)42(34(45)48-37(8,9)10)32-25-30(41-43(32)35(2,3)4)27-18-19-29(23-27)49-50(14,15)38(11,12)13/h20-21,24-27,29H,16-19,22-23H2,1-15H3,(H,40,44)/t26-,27-,29+/m0/s1/i22D2. The van der Waals surface area contributed by atoms with Crippen LogP contribution in [-0.2, 0) is 19.4 Å². The summed E-state index contributed by atoms with van der Waals surface area (Å²) in [5, 5.41) is 7.96. The molecule has 1 N–H and O–H groups in total. The van der Waals surface area contributed by atoms with Crippen molar-refractivity contribution in [1.29, 1.82) is 0 Å². The Morgan fingerprint density at radius 1 is 1.02 bits per heavy atom. The molecule has 2 aromatic rings. The fourth-order valence-electron chi connectivity index (χ4n) is 5.36. The monoisotopic (exact) mass is 717 g/mol. The van der Waals surface area contributed by atoms with Gasteiger partial charge in [-0.25, -0.2) is 24.2 Å². The van der Waals surface area contributed by atoms with E-state index in [1.165, 1.54) is 17.2 Å². The summed E-state index contributed by atoms with van der Waals surface area (Å²) in [5.41, 5.74) is -0.666. The number of pyridine rings is 1. The molecule has 0 unspecified atom stereocenters. The SMILES string of the molecule is [2H]C([2H])(CC[C@H](C)NC(=O)OC(C)(C)C)Oc1cc(N(C(=O)OC(C)(C)C)c2cc([C@H]3CC[C@@H](O[Si](C)(C)C(C)(C)C)C3)nn2C(C)(C)C)ccn1. The molecule has 2 aromatic heterocycles. The summed E-state index contributed by atoms with van der Waals surface area (Å²) in [6.45, 7) is 27.9. The molecule has 2 heterocycles. The molecule has 0 aliphatic heterocycles. The number of nitrogens with one attached hydrogen (secondary N) is 1. The smallest absolute Gasteiger partial charge is 0.420 e. The Bertz CT molecular complexity index is 1540. The zero-order valence-corrected chi connectivity index (χ0v) is 34.3. The molecular formula is C38H65N5O6Si. The van der Waals surface area contributed by atoms with Crippen molar-refractivity contribution in [3.8, 4) is 5.88 Å². The minimum atomic E-state index is -2.13. The molecule has 50 heavy (non-hydrogen) atoms. The molecule has 0 saturated heterocycles. The Morgan fingerprint density at radius 2 is 1.66 bits per heavy atom. The van der Waals surface area contributed by atoms with Gasteiger partial charge in [-0.05, 0) is 126 Å². The molecule has 0 bridgehead atoms. The Balaban J connectivity index is 1.93. The minimum Gasteiger partial charge on any atom is -0.478 e. The van der Waals surface area contributed by atoms with Gasteiger partial charge in [-0.1, -0.05) is 20.8 Å². The third-order valence-electron chi connectivity index (χ3n) is 8.82. The van der Waals surface area contributed by atoms with Gasteiger partial charge in [-0.3, -0.25) is 0 Å². The third-order valence-corrected chi connectivity index (χ3v) is 13.4. The first kappa shape index (κ1) is 38.1. The molecule has 1 aliphatic rings. The molecule has 2 amide bonds. The maximum Gasteiger partial charge on any atom is 0.420 e. The lowest BCUT2D eigenvalue weighted by Crippen LogP contribution is -2.43. The molecular weight excluding hydrogens is 651 g/mol. The highest BCUT2D eigenvalue weighted by atomic mass is 28.4. The van der Waals surface area contributed by atoms with Crippen LogP contribution >= 0.6 is 0 Å². The number of carbonyl (C=O) groups excluding carboxylic acids is 2. The van der Waals surface area contributed by atoms with Crippen LogP contribution in [0.25, 0.3) is 0 Å². The maximum atomic E-state index is 14.1. The molecule has 3 rings (SSSR count). The van der Waals surface area contributed by atoms with Gasteiger partial charge in [0.25, 0.3) is 0 Å². The van der Waals surface area contributed by atoms with Gasteiger partial charge in [0, 0.05) is 36.4 Å². The summed E-state index contributed by atoms with van der Waals surface area (Å²) in [4.78, 5) is 32.0. The molecule has 0 radical (unpaired) electrons. The Morgan fingerprint density at radius 3 is 2.24 bits per heavy atom. The van der Waals surface area contributed by atoms with Crippen molar-refractivity contribution in [3.63, 3.8) is 0 Å². The van der Waals surface area contributed by atoms with Crippen molar-refractivity contribution in [1.82, 2.24) is 20.1 Å². The second-order valence-electron chi connectivity index (χ2n) is 18.0. The van der Waals surface area contributed by atoms with E-state index >= 15 is 0 Å². The highest BCUT2D eigenvalue weighted by Crippen LogP contribution is 2.44. The molecule has 282 valence electrons. The summed E-state index contributed by atoms with van der Waals surface area (Å²) < 4.78 is 42.8. The van der Waals surface area contributed by atoms with Crippen molar-refractivity contribution in [3.05, 3.63) is 30.1 Å². The number of alkyl carbamates (subject to hydrolysis) is 1. The molecule has 12 heteroatoms. The fourth-order valence-corrected chi connectivity index (χ4v) is 6.77. The molecule has 11 nitrogen and oxygen atoms in total. The van der Waals surface area contributed by atoms with Gasteiger partial charge in [-0.2, -0.15) is 5.10 Å². The first-order chi connectivity index (χ1) is 23.5. The van der Waals surface area contributed by atoms with Gasteiger partial charge in [0.05, 0.1) is 26.2 Å². The molecule has 3 atom stereocenters. The number of anilines is 2. The van der Waals surface area contributed by atoms with Crippen LogP contribution in [0.5, 0.6) is 5.88 Å². The lowest BCUT2D eigenvalue weighted by Gasteiger charge is -2.38. The molecule has 1 saturated carbocycles. The van der Waals surface area contributed by atoms with E-state index in [9.17, 15) is 9.59 Å². The summed E-state index contributed by atoms with van der Waals surface area (Å²) in [6.07, 6.45) is 3.44. The second-order valence-corrected chi connectivity index (χ2v) is 22.8. The molecule has 1 aliphatic carbocycles. The van der Waals surface area contributed by atoms with Crippen molar-refractivity contribution in [2.24, 2.45) is 0 Å². The highest BCUT2D eigenvalue weighted by Gasteiger charge is 2.42. The summed E-state index contributed by atoms with van der Waals surface area (Å²) >= 11 is 0. The molecule has 0 spiro atoms. The van der Waals surface area contributed by atoms with E-state index in [4.69, 9.17) is 26.5 Å². The van der Waals surface area contributed by atoms with Crippen LogP contribution in [0, 0.1) is 0 Å². The zero-order valence-electron chi connectivity index (χ0n) is 35.3. The highest BCUT2D eigenvalue weighted by molar-refractivity contribution is 6.74. The van der Waals surface area contributed by atoms with Crippen molar-refractivity contribution >= 4 is 32.0 Å². The van der Waals surface area contributed by atoms with Crippen molar-refractivity contribution in [2.45, 2.75) is 175 Å². The number of amides is 2. The Labute approximate surface area is 305 Å². The van der Waals surface area contributed by atoms with Gasteiger partial charge < -0.3 is 24.0 Å². The first-order valence-corrected chi connectivity index (χ1v) is 20.8. The largest absolute Gasteiger partial charge is 0.478 e. The van der Waals surface area contributed by atoms with Crippen LogP contribution in [0.1, 0.15) is 136 Å². The van der Waals surface area contributed by atoms with Crippen LogP contribution in [0.4, 0.5) is 21.1 Å². The number of nitrogens with zero attached hydrogens (tertiary/aromatic N) is 4. The minimum absolute atomic E-state index is 0.00715. The number of hydrogen-bond acceptors (Lipinski definition) is 8. The van der Waals surface area contributed by atoms with E-state index in [1.807, 2.05) is 52.3 Å². The van der Waals surface area contributed by atoms with Crippen LogP contribution < -0.4 is 15.0 Å². The lowest BCUT2D eigenvalue weighted by molar-refractivity contribution is 0.0503. The fraction of sp³-hybridized carbons (Fsp3) is 0.737. The van der Waals surface area contributed by atoms with Gasteiger partial charge in [0.2, 0.25) is 5.88 Å². The average Bonchev–Trinajstić information content (AvgIpc) is 3.57. The van der Waals surface area contributed by atoms with Crippen LogP contribution in [0.3, 0.4) is 0 Å². The van der Waals surface area contributed by atoms with Crippen molar-refractivity contribution < 1.29 is 31.0 Å². The number of hydrogen-bond donors (Lipinski definition) is 1.